The highest BCUT2D eigenvalue weighted by atomic mass is 31.2. The number of ether oxygens (including phenoxy) is 2. The number of phosphoric ester groups is 2. The van der Waals surface area contributed by atoms with Gasteiger partial charge in [0, 0.05) is 25.2 Å². The molecule has 0 aromatic carbocycles. The van der Waals surface area contributed by atoms with E-state index in [1.807, 2.05) is 6.08 Å². The van der Waals surface area contributed by atoms with Crippen LogP contribution in [0.2, 0.25) is 0 Å². The Morgan fingerprint density at radius 1 is 0.588 bits per heavy atom. The van der Waals surface area contributed by atoms with Gasteiger partial charge in [0.1, 0.15) is 12.7 Å². The zero-order valence-electron chi connectivity index (χ0n) is 42.2. The molecule has 16 nitrogen and oxygen atoms in total. The minimum absolute atomic E-state index is 0.0722. The van der Waals surface area contributed by atoms with Gasteiger partial charge in [0.05, 0.1) is 38.1 Å². The molecule has 7 N–H and O–H groups in total. The SMILES string of the molecule is CCCCC[C@H](O)/C=C/[C@@H]1[C@@H](CCCCCCC(=O)OC[C@H](COP(=O)(O)OC[C@@H](O)COP(=O)(O)O)OC(=O)CCCCCCCCCCCCCCCCCCCCC(C)C)[C@@H](O)C[C@H]1O. The first-order chi connectivity index (χ1) is 32.4. The summed E-state index contributed by atoms with van der Waals surface area (Å²) in [6.45, 7) is 3.82. The van der Waals surface area contributed by atoms with Crippen LogP contribution in [-0.2, 0) is 41.8 Å². The highest BCUT2D eigenvalue weighted by molar-refractivity contribution is 7.47. The Balaban J connectivity index is 2.42. The van der Waals surface area contributed by atoms with E-state index in [-0.39, 0.29) is 24.7 Å². The second-order valence-corrected chi connectivity index (χ2v) is 22.3. The van der Waals surface area contributed by atoms with Crippen LogP contribution in [0.15, 0.2) is 12.2 Å². The lowest BCUT2D eigenvalue weighted by molar-refractivity contribution is -0.161. The maximum atomic E-state index is 12.8. The van der Waals surface area contributed by atoms with Gasteiger partial charge >= 0.3 is 27.6 Å². The molecule has 0 amide bonds. The Bertz CT molecular complexity index is 1380. The normalized spacial score (nSPS) is 19.9. The van der Waals surface area contributed by atoms with Gasteiger partial charge in [0.25, 0.3) is 0 Å². The summed E-state index contributed by atoms with van der Waals surface area (Å²) in [5.74, 6) is -0.694. The molecule has 0 aromatic heterocycles. The van der Waals surface area contributed by atoms with Gasteiger partial charge in [-0.1, -0.05) is 187 Å². The molecule has 1 fully saturated rings. The number of hydrogen-bond acceptors (Lipinski definition) is 13. The highest BCUT2D eigenvalue weighted by Crippen LogP contribution is 2.44. The lowest BCUT2D eigenvalue weighted by Crippen LogP contribution is -2.30. The van der Waals surface area contributed by atoms with E-state index in [9.17, 15) is 44.0 Å². The lowest BCUT2D eigenvalue weighted by atomic mass is 9.88. The Labute approximate surface area is 409 Å². The summed E-state index contributed by atoms with van der Waals surface area (Å²) in [5.41, 5.74) is 0. The summed E-state index contributed by atoms with van der Waals surface area (Å²) in [5, 5.41) is 41.3. The molecular weight excluding hydrogens is 918 g/mol. The topological polar surface area (TPSA) is 256 Å². The molecule has 0 aliphatic heterocycles. The van der Waals surface area contributed by atoms with Crippen LogP contribution < -0.4 is 0 Å². The van der Waals surface area contributed by atoms with Gasteiger partial charge in [0.15, 0.2) is 6.10 Å². The predicted molar refractivity (Wildman–Crippen MR) is 264 cm³/mol. The number of rotatable bonds is 46. The second kappa shape index (κ2) is 40.2. The van der Waals surface area contributed by atoms with Gasteiger partial charge in [-0.2, -0.15) is 0 Å². The Kier molecular flexibility index (Phi) is 38.3. The van der Waals surface area contributed by atoms with Crippen LogP contribution in [-0.4, -0.2) is 104 Å². The van der Waals surface area contributed by atoms with Crippen LogP contribution in [0.25, 0.3) is 0 Å². The van der Waals surface area contributed by atoms with Crippen molar-refractivity contribution in [3.05, 3.63) is 12.2 Å². The molecule has 1 aliphatic rings. The largest absolute Gasteiger partial charge is 0.472 e. The summed E-state index contributed by atoms with van der Waals surface area (Å²) in [6.07, 6.45) is 29.7. The first-order valence-electron chi connectivity index (χ1n) is 26.5. The molecule has 68 heavy (non-hydrogen) atoms. The van der Waals surface area contributed by atoms with Crippen LogP contribution in [0.5, 0.6) is 0 Å². The zero-order chi connectivity index (χ0) is 50.5. The van der Waals surface area contributed by atoms with Crippen molar-refractivity contribution in [2.45, 2.75) is 250 Å². The Hall–Kier alpha value is -1.26. The fourth-order valence-electron chi connectivity index (χ4n) is 8.63. The Morgan fingerprint density at radius 2 is 1.06 bits per heavy atom. The minimum Gasteiger partial charge on any atom is -0.462 e. The molecule has 0 aromatic rings. The first-order valence-corrected chi connectivity index (χ1v) is 29.5. The van der Waals surface area contributed by atoms with Crippen molar-refractivity contribution in [1.29, 1.82) is 0 Å². The summed E-state index contributed by atoms with van der Waals surface area (Å²) in [6, 6.07) is 0. The van der Waals surface area contributed by atoms with E-state index in [1.54, 1.807) is 6.08 Å². The molecular formula is C50H96O16P2. The van der Waals surface area contributed by atoms with Gasteiger partial charge in [-0.3, -0.25) is 23.2 Å². The third-order valence-corrected chi connectivity index (χ3v) is 14.1. The second-order valence-electron chi connectivity index (χ2n) is 19.6. The van der Waals surface area contributed by atoms with Crippen molar-refractivity contribution < 1.29 is 76.9 Å². The molecule has 18 heteroatoms. The number of aliphatic hydroxyl groups is 4. The summed E-state index contributed by atoms with van der Waals surface area (Å²) in [7, 11) is -9.76. The van der Waals surface area contributed by atoms with Crippen LogP contribution in [0.1, 0.15) is 220 Å². The quantitative estimate of drug-likeness (QED) is 0.0129. The van der Waals surface area contributed by atoms with E-state index in [2.05, 4.69) is 25.3 Å². The number of hydrogen-bond donors (Lipinski definition) is 7. The maximum absolute atomic E-state index is 12.8. The molecule has 0 spiro atoms. The number of esters is 2. The third-order valence-electron chi connectivity index (χ3n) is 12.7. The van der Waals surface area contributed by atoms with E-state index >= 15 is 0 Å². The van der Waals surface area contributed by atoms with Gasteiger partial charge in [-0.25, -0.2) is 9.13 Å². The van der Waals surface area contributed by atoms with E-state index in [0.717, 1.165) is 63.7 Å². The first kappa shape index (κ1) is 64.8. The smallest absolute Gasteiger partial charge is 0.462 e. The summed E-state index contributed by atoms with van der Waals surface area (Å²) < 4.78 is 48.0. The molecule has 1 rings (SSSR count). The average Bonchev–Trinajstić information content (AvgIpc) is 3.55. The van der Waals surface area contributed by atoms with Gasteiger partial charge < -0.3 is 44.6 Å². The average molecular weight is 1020 g/mol. The van der Waals surface area contributed by atoms with E-state index in [4.69, 9.17) is 28.3 Å². The third kappa shape index (κ3) is 37.5. The molecule has 1 unspecified atom stereocenters. The monoisotopic (exact) mass is 1010 g/mol. The van der Waals surface area contributed by atoms with Crippen molar-refractivity contribution >= 4 is 27.6 Å². The van der Waals surface area contributed by atoms with Gasteiger partial charge in [0.2, 0.25) is 0 Å². The molecule has 0 saturated heterocycles. The van der Waals surface area contributed by atoms with Crippen molar-refractivity contribution in [1.82, 2.24) is 0 Å². The van der Waals surface area contributed by atoms with Crippen molar-refractivity contribution in [2.24, 2.45) is 17.8 Å². The summed E-state index contributed by atoms with van der Waals surface area (Å²) in [4.78, 5) is 53.2. The number of unbranched alkanes of at least 4 members (excludes halogenated alkanes) is 22. The predicted octanol–water partition coefficient (Wildman–Crippen LogP) is 10.7. The molecule has 0 bridgehead atoms. The standard InChI is InChI=1S/C50H96O16P2/c1-4-5-24-30-42(51)34-35-46-45(47(53)36-48(46)54)31-26-22-23-27-32-49(55)62-39-44(40-65-68(60,61)64-38-43(52)37-63-67(57,58)59)66-50(56)33-28-21-19-17-15-13-11-9-7-6-8-10-12-14-16-18-20-25-29-41(2)3/h34-35,41-48,51-54H,4-33,36-40H2,1-3H3,(H,60,61)(H2,57,58,59)/b35-34+/t42-,43-,44+,45+,46+,47-,48+/m0/s1. The van der Waals surface area contributed by atoms with Crippen molar-refractivity contribution in [3.8, 4) is 0 Å². The van der Waals surface area contributed by atoms with Crippen molar-refractivity contribution in [3.63, 3.8) is 0 Å². The van der Waals surface area contributed by atoms with E-state index < -0.39 is 84.5 Å². The minimum atomic E-state index is -4.89. The van der Waals surface area contributed by atoms with E-state index in [0.29, 0.717) is 38.5 Å². The number of carbonyl (C=O) groups excluding carboxylic acids is 2. The van der Waals surface area contributed by atoms with Crippen LogP contribution in [0, 0.1) is 17.8 Å². The van der Waals surface area contributed by atoms with Gasteiger partial charge in [-0.05, 0) is 37.5 Å². The molecule has 402 valence electrons. The lowest BCUT2D eigenvalue weighted by Gasteiger charge is -2.21. The highest BCUT2D eigenvalue weighted by Gasteiger charge is 2.39. The maximum Gasteiger partial charge on any atom is 0.472 e. The Morgan fingerprint density at radius 3 is 1.59 bits per heavy atom. The fraction of sp³-hybridized carbons (Fsp3) is 0.920. The number of aliphatic hydroxyl groups excluding tert-OH is 4. The number of carbonyl (C=O) groups is 2. The molecule has 0 radical (unpaired) electrons. The molecule has 1 aliphatic carbocycles. The molecule has 0 heterocycles. The van der Waals surface area contributed by atoms with E-state index in [1.165, 1.54) is 89.9 Å². The zero-order valence-corrected chi connectivity index (χ0v) is 44.0. The van der Waals surface area contributed by atoms with Gasteiger partial charge in [-0.15, -0.1) is 0 Å². The van der Waals surface area contributed by atoms with Crippen LogP contribution >= 0.6 is 15.6 Å². The summed E-state index contributed by atoms with van der Waals surface area (Å²) >= 11 is 0. The molecule has 1 saturated carbocycles. The number of phosphoric acid groups is 2. The fourth-order valence-corrected chi connectivity index (χ4v) is 9.79. The van der Waals surface area contributed by atoms with Crippen molar-refractivity contribution in [2.75, 3.05) is 26.4 Å². The van der Waals surface area contributed by atoms with Crippen LogP contribution in [0.4, 0.5) is 0 Å². The molecule has 8 atom stereocenters. The van der Waals surface area contributed by atoms with Crippen LogP contribution in [0.3, 0.4) is 0 Å².